The fourth-order valence-corrected chi connectivity index (χ4v) is 3.75. The molecule has 3 rings (SSSR count). The van der Waals surface area contributed by atoms with Gasteiger partial charge in [0.05, 0.1) is 11.4 Å². The normalized spacial score (nSPS) is 12.0. The summed E-state index contributed by atoms with van der Waals surface area (Å²) in [7, 11) is -0.408. The summed E-state index contributed by atoms with van der Waals surface area (Å²) < 4.78 is 24.5. The summed E-state index contributed by atoms with van der Waals surface area (Å²) in [5.74, 6) is -0.530. The highest BCUT2D eigenvalue weighted by Gasteiger charge is 2.16. The lowest BCUT2D eigenvalue weighted by Crippen LogP contribution is -2.34. The van der Waals surface area contributed by atoms with Crippen molar-refractivity contribution in [3.05, 3.63) is 41.4 Å². The molecular formula is C16H18N4O3S2. The second kappa shape index (κ2) is 6.95. The Morgan fingerprint density at radius 3 is 2.80 bits per heavy atom. The molecule has 132 valence electrons. The number of aromatic nitrogens is 2. The molecule has 1 amide bonds. The van der Waals surface area contributed by atoms with Gasteiger partial charge in [0.25, 0.3) is 5.91 Å². The van der Waals surface area contributed by atoms with Crippen LogP contribution >= 0.6 is 11.3 Å². The molecule has 0 bridgehead atoms. The van der Waals surface area contributed by atoms with Crippen LogP contribution in [-0.2, 0) is 10.0 Å². The van der Waals surface area contributed by atoms with Crippen LogP contribution in [-0.4, -0.2) is 55.0 Å². The van der Waals surface area contributed by atoms with Crippen molar-refractivity contribution in [2.24, 2.45) is 0 Å². The second-order valence-corrected chi connectivity index (χ2v) is 8.82. The summed E-state index contributed by atoms with van der Waals surface area (Å²) in [5.41, 5.74) is 2.13. The third-order valence-electron chi connectivity index (χ3n) is 3.70. The molecule has 2 heterocycles. The van der Waals surface area contributed by atoms with Crippen molar-refractivity contribution >= 4 is 38.2 Å². The van der Waals surface area contributed by atoms with E-state index in [1.165, 1.54) is 25.4 Å². The minimum absolute atomic E-state index is 0.0403. The topological polar surface area (TPSA) is 95.2 Å². The van der Waals surface area contributed by atoms with Crippen LogP contribution in [0.2, 0.25) is 0 Å². The average Bonchev–Trinajstić information content (AvgIpc) is 3.21. The van der Waals surface area contributed by atoms with Crippen LogP contribution in [0.25, 0.3) is 21.6 Å². The van der Waals surface area contributed by atoms with Crippen LogP contribution in [0.3, 0.4) is 0 Å². The van der Waals surface area contributed by atoms with Gasteiger partial charge in [-0.15, -0.1) is 11.3 Å². The highest BCUT2D eigenvalue weighted by Crippen LogP contribution is 2.26. The maximum atomic E-state index is 12.1. The molecule has 0 radical (unpaired) electrons. The predicted octanol–water partition coefficient (Wildman–Crippen LogP) is 1.91. The molecule has 0 fully saturated rings. The summed E-state index contributed by atoms with van der Waals surface area (Å²) in [6.07, 6.45) is 0. The van der Waals surface area contributed by atoms with Gasteiger partial charge in [0.1, 0.15) is 10.7 Å². The molecular weight excluding hydrogens is 360 g/mol. The lowest BCUT2D eigenvalue weighted by Gasteiger charge is -2.11. The first-order valence-electron chi connectivity index (χ1n) is 7.59. The number of fused-ring (bicyclic) bond motifs is 1. The van der Waals surface area contributed by atoms with Gasteiger partial charge in [0.15, 0.2) is 0 Å². The Bertz CT molecular complexity index is 972. The minimum Gasteiger partial charge on any atom is -0.353 e. The molecule has 25 heavy (non-hydrogen) atoms. The fourth-order valence-electron chi connectivity index (χ4n) is 2.26. The summed E-state index contributed by atoms with van der Waals surface area (Å²) in [6, 6.07) is 9.88. The van der Waals surface area contributed by atoms with E-state index in [9.17, 15) is 13.2 Å². The van der Waals surface area contributed by atoms with Crippen molar-refractivity contribution in [3.8, 4) is 10.7 Å². The van der Waals surface area contributed by atoms with Crippen molar-refractivity contribution in [1.29, 1.82) is 0 Å². The van der Waals surface area contributed by atoms with Gasteiger partial charge >= 0.3 is 0 Å². The molecule has 3 aromatic rings. The number of carbonyl (C=O) groups is 1. The lowest BCUT2D eigenvalue weighted by atomic mass is 10.2. The van der Waals surface area contributed by atoms with Crippen LogP contribution < -0.4 is 5.32 Å². The quantitative estimate of drug-likeness (QED) is 0.685. The third-order valence-corrected chi connectivity index (χ3v) is 6.41. The number of nitrogens with one attached hydrogen (secondary N) is 2. The number of sulfonamides is 1. The van der Waals surface area contributed by atoms with Crippen LogP contribution in [0.1, 0.15) is 10.5 Å². The van der Waals surface area contributed by atoms with Crippen LogP contribution in [0.5, 0.6) is 0 Å². The number of carbonyl (C=O) groups excluding carboxylic acids is 1. The number of thiazole rings is 1. The Morgan fingerprint density at radius 1 is 1.32 bits per heavy atom. The van der Waals surface area contributed by atoms with Gasteiger partial charge in [0, 0.05) is 36.9 Å². The largest absolute Gasteiger partial charge is 0.353 e. The number of benzene rings is 1. The van der Waals surface area contributed by atoms with Crippen molar-refractivity contribution in [3.63, 3.8) is 0 Å². The van der Waals surface area contributed by atoms with Gasteiger partial charge in [-0.25, -0.2) is 17.7 Å². The van der Waals surface area contributed by atoms with Crippen molar-refractivity contribution in [2.75, 3.05) is 26.4 Å². The molecule has 0 atom stereocenters. The number of hydrogen-bond donors (Lipinski definition) is 2. The molecule has 7 nitrogen and oxygen atoms in total. The molecule has 0 aliphatic carbocycles. The first-order chi connectivity index (χ1) is 11.9. The van der Waals surface area contributed by atoms with Crippen LogP contribution in [0.4, 0.5) is 0 Å². The van der Waals surface area contributed by atoms with Crippen molar-refractivity contribution < 1.29 is 13.2 Å². The molecule has 0 aliphatic heterocycles. The zero-order chi connectivity index (χ0) is 18.0. The molecule has 0 saturated heterocycles. The van der Waals surface area contributed by atoms with Crippen LogP contribution in [0.15, 0.2) is 35.7 Å². The van der Waals surface area contributed by atoms with E-state index in [1.807, 2.05) is 30.3 Å². The number of amides is 1. The first kappa shape index (κ1) is 17.6. The summed E-state index contributed by atoms with van der Waals surface area (Å²) in [6.45, 7) is 0.0403. The van der Waals surface area contributed by atoms with E-state index in [1.54, 1.807) is 5.38 Å². The second-order valence-electron chi connectivity index (χ2n) is 5.66. The molecule has 0 saturated carbocycles. The zero-order valence-electron chi connectivity index (χ0n) is 13.8. The number of aromatic amines is 1. The molecule has 1 aromatic carbocycles. The molecule has 0 spiro atoms. The standard InChI is InChI=1S/C16H18N4O3S2/c1-20(2)25(22,23)8-7-17-15(21)14-10-24-16(19-14)13-9-11-5-3-4-6-12(11)18-13/h3-6,9-10,18H,7-8H2,1-2H3,(H,17,21). The zero-order valence-corrected chi connectivity index (χ0v) is 15.4. The number of rotatable bonds is 6. The van der Waals surface area contributed by atoms with E-state index in [4.69, 9.17) is 0 Å². The molecule has 2 aromatic heterocycles. The Balaban J connectivity index is 1.67. The maximum Gasteiger partial charge on any atom is 0.270 e. The first-order valence-corrected chi connectivity index (χ1v) is 10.1. The summed E-state index contributed by atoms with van der Waals surface area (Å²) >= 11 is 1.36. The third kappa shape index (κ3) is 3.89. The van der Waals surface area contributed by atoms with Gasteiger partial charge in [0.2, 0.25) is 10.0 Å². The molecule has 9 heteroatoms. The Morgan fingerprint density at radius 2 is 2.08 bits per heavy atom. The molecule has 2 N–H and O–H groups in total. The highest BCUT2D eigenvalue weighted by molar-refractivity contribution is 7.89. The monoisotopic (exact) mass is 378 g/mol. The number of nitrogens with zero attached hydrogens (tertiary/aromatic N) is 2. The molecule has 0 aliphatic rings. The average molecular weight is 378 g/mol. The van der Waals surface area contributed by atoms with Gasteiger partial charge < -0.3 is 10.3 Å². The smallest absolute Gasteiger partial charge is 0.270 e. The van der Waals surface area contributed by atoms with Gasteiger partial charge in [-0.05, 0) is 12.1 Å². The van der Waals surface area contributed by atoms with Gasteiger partial charge in [-0.3, -0.25) is 4.79 Å². The minimum atomic E-state index is -3.33. The van der Waals surface area contributed by atoms with E-state index in [2.05, 4.69) is 15.3 Å². The maximum absolute atomic E-state index is 12.1. The Hall–Kier alpha value is -2.23. The summed E-state index contributed by atoms with van der Waals surface area (Å²) in [5, 5.41) is 6.04. The van der Waals surface area contributed by atoms with Gasteiger partial charge in [-0.1, -0.05) is 18.2 Å². The number of para-hydroxylation sites is 1. The van der Waals surface area contributed by atoms with E-state index in [-0.39, 0.29) is 23.9 Å². The fraction of sp³-hybridized carbons (Fsp3) is 0.250. The van der Waals surface area contributed by atoms with E-state index < -0.39 is 10.0 Å². The predicted molar refractivity (Wildman–Crippen MR) is 99.2 cm³/mol. The SMILES string of the molecule is CN(C)S(=O)(=O)CCNC(=O)c1csc(-c2cc3ccccc3[nH]2)n1. The van der Waals surface area contributed by atoms with E-state index >= 15 is 0 Å². The van der Waals surface area contributed by atoms with Crippen LogP contribution in [0, 0.1) is 0 Å². The Kier molecular flexibility index (Phi) is 4.89. The van der Waals surface area contributed by atoms with Crippen molar-refractivity contribution in [2.45, 2.75) is 0 Å². The van der Waals surface area contributed by atoms with Gasteiger partial charge in [-0.2, -0.15) is 0 Å². The van der Waals surface area contributed by atoms with E-state index in [0.29, 0.717) is 5.01 Å². The van der Waals surface area contributed by atoms with Crippen molar-refractivity contribution in [1.82, 2.24) is 19.6 Å². The molecule has 0 unspecified atom stereocenters. The summed E-state index contributed by atoms with van der Waals surface area (Å²) in [4.78, 5) is 19.7. The number of hydrogen-bond acceptors (Lipinski definition) is 5. The number of H-pyrrole nitrogens is 1. The van der Waals surface area contributed by atoms with E-state index in [0.717, 1.165) is 20.9 Å². The Labute approximate surface area is 149 Å². The highest BCUT2D eigenvalue weighted by atomic mass is 32.2. The lowest BCUT2D eigenvalue weighted by molar-refractivity contribution is 0.0952.